The Kier molecular flexibility index (Phi) is 5.17. The summed E-state index contributed by atoms with van der Waals surface area (Å²) in [6.07, 6.45) is 0.820. The number of benzene rings is 1. The summed E-state index contributed by atoms with van der Waals surface area (Å²) in [7, 11) is 0. The van der Waals surface area contributed by atoms with Gasteiger partial charge in [-0.25, -0.2) is 4.39 Å². The molecule has 0 atom stereocenters. The van der Waals surface area contributed by atoms with Gasteiger partial charge in [-0.1, -0.05) is 24.6 Å². The van der Waals surface area contributed by atoms with Gasteiger partial charge in [0.15, 0.2) is 5.78 Å². The number of ketones is 1. The summed E-state index contributed by atoms with van der Waals surface area (Å²) in [5.41, 5.74) is 1.79. The lowest BCUT2D eigenvalue weighted by atomic mass is 10.1. The van der Waals surface area contributed by atoms with E-state index in [1.165, 1.54) is 12.1 Å². The largest absolute Gasteiger partial charge is 0.294 e. The molecule has 2 rings (SSSR count). The maximum Gasteiger partial charge on any atom is 0.168 e. The summed E-state index contributed by atoms with van der Waals surface area (Å²) >= 11 is 9.35. The first kappa shape index (κ1) is 16.2. The third-order valence-electron chi connectivity index (χ3n) is 3.26. The van der Waals surface area contributed by atoms with E-state index in [4.69, 9.17) is 11.6 Å². The Bertz CT molecular complexity index is 685. The molecule has 0 unspecified atom stereocenters. The molecule has 112 valence electrons. The standard InChI is InChI=1S/C15H15BrClFN2O/c1-3-12-15(17)13(20(4-2)19-12)8-14(21)9-5-6-10(16)11(18)7-9/h5-7H,3-4,8H2,1-2H3. The second-order valence-electron chi connectivity index (χ2n) is 4.61. The second kappa shape index (κ2) is 6.71. The van der Waals surface area contributed by atoms with Crippen LogP contribution in [0.15, 0.2) is 22.7 Å². The Hall–Kier alpha value is -1.20. The minimum Gasteiger partial charge on any atom is -0.294 e. The molecule has 1 aromatic heterocycles. The maximum absolute atomic E-state index is 13.5. The molecule has 0 aliphatic heterocycles. The quantitative estimate of drug-likeness (QED) is 0.726. The topological polar surface area (TPSA) is 34.9 Å². The van der Waals surface area contributed by atoms with Gasteiger partial charge in [-0.05, 0) is 41.4 Å². The van der Waals surface area contributed by atoms with Crippen molar-refractivity contribution in [3.8, 4) is 0 Å². The molecule has 0 saturated heterocycles. The van der Waals surface area contributed by atoms with Crippen molar-refractivity contribution in [2.45, 2.75) is 33.2 Å². The van der Waals surface area contributed by atoms with Crippen LogP contribution in [-0.2, 0) is 19.4 Å². The molecule has 1 heterocycles. The van der Waals surface area contributed by atoms with Crippen molar-refractivity contribution in [2.75, 3.05) is 0 Å². The Morgan fingerprint density at radius 2 is 2.14 bits per heavy atom. The van der Waals surface area contributed by atoms with Gasteiger partial charge < -0.3 is 0 Å². The highest BCUT2D eigenvalue weighted by atomic mass is 79.9. The molecule has 2 aromatic rings. The Labute approximate surface area is 136 Å². The molecule has 0 spiro atoms. The van der Waals surface area contributed by atoms with Gasteiger partial charge in [0.05, 0.1) is 27.3 Å². The summed E-state index contributed by atoms with van der Waals surface area (Å²) in [4.78, 5) is 12.3. The predicted octanol–water partition coefficient (Wildman–Crippen LogP) is 4.45. The van der Waals surface area contributed by atoms with Crippen molar-refractivity contribution in [3.05, 3.63) is 50.5 Å². The summed E-state index contributed by atoms with van der Waals surface area (Å²) in [5.74, 6) is -0.634. The van der Waals surface area contributed by atoms with Crippen LogP contribution in [0.4, 0.5) is 4.39 Å². The highest BCUT2D eigenvalue weighted by Crippen LogP contribution is 2.24. The molecular weight excluding hydrogens is 359 g/mol. The molecular formula is C15H15BrClFN2O. The van der Waals surface area contributed by atoms with E-state index in [2.05, 4.69) is 21.0 Å². The van der Waals surface area contributed by atoms with E-state index >= 15 is 0 Å². The highest BCUT2D eigenvalue weighted by Gasteiger charge is 2.18. The van der Waals surface area contributed by atoms with Gasteiger partial charge in [0, 0.05) is 12.1 Å². The molecule has 6 heteroatoms. The van der Waals surface area contributed by atoms with Crippen molar-refractivity contribution in [3.63, 3.8) is 0 Å². The molecule has 0 N–H and O–H groups in total. The smallest absolute Gasteiger partial charge is 0.168 e. The number of hydrogen-bond donors (Lipinski definition) is 0. The minimum atomic E-state index is -0.454. The monoisotopic (exact) mass is 372 g/mol. The predicted molar refractivity (Wildman–Crippen MR) is 84.4 cm³/mol. The van der Waals surface area contributed by atoms with Crippen LogP contribution in [0.2, 0.25) is 5.02 Å². The first-order valence-corrected chi connectivity index (χ1v) is 7.87. The molecule has 0 radical (unpaired) electrons. The Balaban J connectivity index is 2.31. The van der Waals surface area contributed by atoms with Crippen LogP contribution < -0.4 is 0 Å². The van der Waals surface area contributed by atoms with Crippen molar-refractivity contribution < 1.29 is 9.18 Å². The lowest BCUT2D eigenvalue weighted by Crippen LogP contribution is -2.10. The average molecular weight is 374 g/mol. The molecule has 0 fully saturated rings. The Morgan fingerprint density at radius 3 is 2.71 bits per heavy atom. The minimum absolute atomic E-state index is 0.112. The summed E-state index contributed by atoms with van der Waals surface area (Å²) in [6.45, 7) is 4.54. The molecule has 1 aromatic carbocycles. The molecule has 0 amide bonds. The number of nitrogens with zero attached hydrogens (tertiary/aromatic N) is 2. The van der Waals surface area contributed by atoms with E-state index in [9.17, 15) is 9.18 Å². The molecule has 0 aliphatic rings. The number of carbonyl (C=O) groups is 1. The number of hydrogen-bond acceptors (Lipinski definition) is 2. The zero-order chi connectivity index (χ0) is 15.6. The lowest BCUT2D eigenvalue weighted by Gasteiger charge is -2.05. The normalized spacial score (nSPS) is 10.9. The van der Waals surface area contributed by atoms with E-state index in [1.54, 1.807) is 10.7 Å². The van der Waals surface area contributed by atoms with E-state index in [0.29, 0.717) is 33.7 Å². The van der Waals surface area contributed by atoms with Gasteiger partial charge >= 0.3 is 0 Å². The fourth-order valence-corrected chi connectivity index (χ4v) is 2.69. The molecule has 0 saturated carbocycles. The fourth-order valence-electron chi connectivity index (χ4n) is 2.11. The summed E-state index contributed by atoms with van der Waals surface area (Å²) < 4.78 is 15.6. The number of rotatable bonds is 5. The fraction of sp³-hybridized carbons (Fsp3) is 0.333. The third kappa shape index (κ3) is 3.35. The Morgan fingerprint density at radius 1 is 1.43 bits per heavy atom. The number of halogens is 3. The molecule has 0 bridgehead atoms. The first-order valence-electron chi connectivity index (χ1n) is 6.70. The van der Waals surface area contributed by atoms with Gasteiger partial charge in [0.25, 0.3) is 0 Å². The lowest BCUT2D eigenvalue weighted by molar-refractivity contribution is 0.0990. The van der Waals surface area contributed by atoms with Crippen molar-refractivity contribution in [1.29, 1.82) is 0 Å². The average Bonchev–Trinajstić information content (AvgIpc) is 2.78. The van der Waals surface area contributed by atoms with Crippen LogP contribution in [0.3, 0.4) is 0 Å². The molecule has 3 nitrogen and oxygen atoms in total. The van der Waals surface area contributed by atoms with Crippen molar-refractivity contribution in [1.82, 2.24) is 9.78 Å². The third-order valence-corrected chi connectivity index (χ3v) is 4.34. The van der Waals surface area contributed by atoms with Crippen LogP contribution in [0.25, 0.3) is 0 Å². The molecule has 21 heavy (non-hydrogen) atoms. The van der Waals surface area contributed by atoms with Gasteiger partial charge in [0.1, 0.15) is 5.82 Å². The van der Waals surface area contributed by atoms with E-state index in [-0.39, 0.29) is 12.2 Å². The highest BCUT2D eigenvalue weighted by molar-refractivity contribution is 9.10. The summed E-state index contributed by atoms with van der Waals surface area (Å²) in [5, 5.41) is 4.91. The van der Waals surface area contributed by atoms with E-state index < -0.39 is 5.82 Å². The SMILES string of the molecule is CCc1nn(CC)c(CC(=O)c2ccc(Br)c(F)c2)c1Cl. The second-order valence-corrected chi connectivity index (χ2v) is 5.84. The van der Waals surface area contributed by atoms with Gasteiger partial charge in [-0.3, -0.25) is 9.48 Å². The van der Waals surface area contributed by atoms with E-state index in [0.717, 1.165) is 5.69 Å². The maximum atomic E-state index is 13.5. The van der Waals surface area contributed by atoms with Crippen LogP contribution in [0, 0.1) is 5.82 Å². The van der Waals surface area contributed by atoms with E-state index in [1.807, 2.05) is 13.8 Å². The first-order chi connectivity index (χ1) is 9.97. The van der Waals surface area contributed by atoms with Crippen molar-refractivity contribution >= 4 is 33.3 Å². The van der Waals surface area contributed by atoms with Crippen LogP contribution in [0.5, 0.6) is 0 Å². The number of aromatic nitrogens is 2. The zero-order valence-electron chi connectivity index (χ0n) is 11.8. The number of Topliss-reactive ketones (excluding diaryl/α,β-unsaturated/α-hetero) is 1. The van der Waals surface area contributed by atoms with Crippen LogP contribution in [0.1, 0.15) is 35.6 Å². The van der Waals surface area contributed by atoms with Crippen LogP contribution in [-0.4, -0.2) is 15.6 Å². The van der Waals surface area contributed by atoms with Crippen molar-refractivity contribution in [2.24, 2.45) is 0 Å². The van der Waals surface area contributed by atoms with Gasteiger partial charge in [-0.2, -0.15) is 5.10 Å². The zero-order valence-corrected chi connectivity index (χ0v) is 14.1. The van der Waals surface area contributed by atoms with Crippen LogP contribution >= 0.6 is 27.5 Å². The summed E-state index contributed by atoms with van der Waals surface area (Å²) in [6, 6.07) is 4.35. The molecule has 0 aliphatic carbocycles. The number of aryl methyl sites for hydroxylation is 2. The van der Waals surface area contributed by atoms with Gasteiger partial charge in [-0.15, -0.1) is 0 Å². The van der Waals surface area contributed by atoms with Gasteiger partial charge in [0.2, 0.25) is 0 Å². The number of carbonyl (C=O) groups excluding carboxylic acids is 1.